The molecule has 0 aliphatic carbocycles. The lowest BCUT2D eigenvalue weighted by Gasteiger charge is -2.29. The van der Waals surface area contributed by atoms with Gasteiger partial charge in [-0.25, -0.2) is 4.79 Å². The Morgan fingerprint density at radius 1 is 0.877 bits per heavy atom. The maximum Gasteiger partial charge on any atom is 0.326 e. The van der Waals surface area contributed by atoms with Crippen molar-refractivity contribution >= 4 is 35.5 Å². The number of hydrogen-bond donors (Lipinski definition) is 7. The summed E-state index contributed by atoms with van der Waals surface area (Å²) >= 11 is 0. The second kappa shape index (κ2) is 18.8. The van der Waals surface area contributed by atoms with Gasteiger partial charge in [0.05, 0.1) is 13.1 Å². The van der Waals surface area contributed by atoms with Crippen molar-refractivity contribution < 1.29 is 44.1 Å². The van der Waals surface area contributed by atoms with Crippen molar-refractivity contribution in [3.8, 4) is 33.8 Å². The maximum absolute atomic E-state index is 13.6. The van der Waals surface area contributed by atoms with Crippen LogP contribution in [0.3, 0.4) is 0 Å². The van der Waals surface area contributed by atoms with Gasteiger partial charge in [-0.2, -0.15) is 0 Å². The van der Waals surface area contributed by atoms with E-state index in [9.17, 15) is 44.1 Å². The Bertz CT molecular complexity index is 2140. The normalized spacial score (nSPS) is 15.9. The third-order valence-electron chi connectivity index (χ3n) is 9.77. The average Bonchev–Trinajstić information content (AvgIpc) is 3.19. The number of fused-ring (bicyclic) bond motifs is 5. The summed E-state index contributed by atoms with van der Waals surface area (Å²) in [7, 11) is 1.32. The number of phenols is 2. The number of aromatic hydroxyl groups is 2. The number of unbranched alkanes of at least 4 members (excludes halogenated alkanes) is 1. The summed E-state index contributed by atoms with van der Waals surface area (Å²) in [6, 6.07) is 20.5. The van der Waals surface area contributed by atoms with Gasteiger partial charge in [0.25, 0.3) is 5.91 Å². The van der Waals surface area contributed by atoms with E-state index in [0.29, 0.717) is 11.1 Å². The number of likely N-dealkylation sites (N-methyl/N-ethyl adjacent to an activating group) is 1. The predicted molar refractivity (Wildman–Crippen MR) is 212 cm³/mol. The highest BCUT2D eigenvalue weighted by atomic mass is 16.4. The molecule has 57 heavy (non-hydrogen) atoms. The van der Waals surface area contributed by atoms with E-state index >= 15 is 0 Å². The fourth-order valence-corrected chi connectivity index (χ4v) is 6.57. The van der Waals surface area contributed by atoms with Crippen molar-refractivity contribution in [2.24, 2.45) is 0 Å². The molecule has 14 heteroatoms. The zero-order chi connectivity index (χ0) is 41.2. The number of aliphatic carboxylic acids is 1. The first kappa shape index (κ1) is 41.5. The molecule has 4 aromatic rings. The molecule has 5 amide bonds. The van der Waals surface area contributed by atoms with E-state index in [1.807, 2.05) is 12.1 Å². The monoisotopic (exact) mass is 777 g/mol. The van der Waals surface area contributed by atoms with Crippen LogP contribution >= 0.6 is 0 Å². The minimum atomic E-state index is -1.39. The minimum Gasteiger partial charge on any atom is -0.507 e. The van der Waals surface area contributed by atoms with Crippen molar-refractivity contribution in [2.45, 2.75) is 64.1 Å². The SMILES string of the molecule is CCCCc1ccc(-c2ccc(C(=O)NC(C)CC(=O)NCC(=O)N(C)C3C(=O)NCC(=O)NC(C(=O)O)Cc4ccc(O)c(c4)-c4cc3ccc4O)cc2)cc1. The molecule has 0 aromatic heterocycles. The lowest BCUT2D eigenvalue weighted by molar-refractivity contribution is -0.142. The molecule has 7 N–H and O–H groups in total. The molecule has 1 aliphatic heterocycles. The maximum atomic E-state index is 13.6. The second-order valence-corrected chi connectivity index (χ2v) is 14.1. The number of amides is 5. The molecule has 0 radical (unpaired) electrons. The van der Waals surface area contributed by atoms with E-state index in [1.165, 1.54) is 49.0 Å². The fraction of sp³-hybridized carbons (Fsp3) is 0.302. The highest BCUT2D eigenvalue weighted by Gasteiger charge is 2.31. The Morgan fingerprint density at radius 3 is 2.16 bits per heavy atom. The van der Waals surface area contributed by atoms with Crippen LogP contribution in [0.25, 0.3) is 22.3 Å². The summed E-state index contributed by atoms with van der Waals surface area (Å²) < 4.78 is 0. The molecular weight excluding hydrogens is 730 g/mol. The first-order chi connectivity index (χ1) is 27.2. The number of nitrogens with one attached hydrogen (secondary N) is 4. The molecule has 0 spiro atoms. The van der Waals surface area contributed by atoms with Gasteiger partial charge in [0.15, 0.2) is 0 Å². The highest BCUT2D eigenvalue weighted by molar-refractivity contribution is 5.96. The Morgan fingerprint density at radius 2 is 1.51 bits per heavy atom. The number of carboxylic acid groups (broad SMARTS) is 1. The summed E-state index contributed by atoms with van der Waals surface area (Å²) in [5, 5.41) is 41.4. The van der Waals surface area contributed by atoms with Gasteiger partial charge in [0.2, 0.25) is 23.6 Å². The summed E-state index contributed by atoms with van der Waals surface area (Å²) in [6.07, 6.45) is 3.00. The van der Waals surface area contributed by atoms with Gasteiger partial charge < -0.3 is 41.5 Å². The van der Waals surface area contributed by atoms with Crippen molar-refractivity contribution in [1.82, 2.24) is 26.2 Å². The highest BCUT2D eigenvalue weighted by Crippen LogP contribution is 2.38. The predicted octanol–water partition coefficient (Wildman–Crippen LogP) is 3.84. The van der Waals surface area contributed by atoms with Crippen molar-refractivity contribution in [3.05, 3.63) is 107 Å². The standard InChI is InChI=1S/C43H47N5O9/c1-4-5-6-26-7-10-28(11-8-26)29-12-14-30(15-13-29)41(54)46-25(2)19-37(51)44-24-39(53)48(3)40-31-16-18-36(50)33(22-31)32-20-27(9-17-35(32)49)21-34(43(56)57)47-38(52)23-45-42(40)55/h7-18,20,22,25,34,40,49-50H,4-6,19,21,23-24H2,1-3H3,(H,44,51)(H,45,55)(H,46,54)(H,47,52)(H,56,57). The molecule has 3 unspecified atom stereocenters. The summed E-state index contributed by atoms with van der Waals surface area (Å²) in [6.45, 7) is 2.69. The van der Waals surface area contributed by atoms with Crippen LogP contribution in [-0.2, 0) is 36.8 Å². The number of hydrogen-bond acceptors (Lipinski definition) is 8. The van der Waals surface area contributed by atoms with Gasteiger partial charge in [0.1, 0.15) is 23.6 Å². The van der Waals surface area contributed by atoms with E-state index < -0.39 is 60.8 Å². The lowest BCUT2D eigenvalue weighted by atomic mass is 9.94. The number of benzene rings is 4. The Kier molecular flexibility index (Phi) is 13.6. The minimum absolute atomic E-state index is 0.103. The zero-order valence-corrected chi connectivity index (χ0v) is 32.0. The molecule has 0 saturated carbocycles. The third kappa shape index (κ3) is 10.7. The Balaban J connectivity index is 1.23. The molecular formula is C43H47N5O9. The van der Waals surface area contributed by atoms with Crippen LogP contribution in [0.4, 0.5) is 0 Å². The molecule has 14 nitrogen and oxygen atoms in total. The first-order valence-corrected chi connectivity index (χ1v) is 18.7. The van der Waals surface area contributed by atoms with E-state index in [0.717, 1.165) is 35.3 Å². The van der Waals surface area contributed by atoms with Crippen LogP contribution in [0.1, 0.15) is 66.2 Å². The van der Waals surface area contributed by atoms with Gasteiger partial charge in [0, 0.05) is 42.6 Å². The number of phenolic OH excluding ortho intramolecular Hbond substituents is 2. The van der Waals surface area contributed by atoms with Crippen molar-refractivity contribution in [2.75, 3.05) is 20.1 Å². The molecule has 3 atom stereocenters. The number of nitrogens with zero attached hydrogens (tertiary/aromatic N) is 1. The smallest absolute Gasteiger partial charge is 0.326 e. The van der Waals surface area contributed by atoms with E-state index in [4.69, 9.17) is 0 Å². The van der Waals surface area contributed by atoms with Crippen LogP contribution in [0.15, 0.2) is 84.9 Å². The topological polar surface area (TPSA) is 214 Å². The third-order valence-corrected chi connectivity index (χ3v) is 9.77. The average molecular weight is 778 g/mol. The summed E-state index contributed by atoms with van der Waals surface area (Å²) in [4.78, 5) is 78.7. The van der Waals surface area contributed by atoms with Crippen molar-refractivity contribution in [1.29, 1.82) is 0 Å². The Hall–Kier alpha value is -6.70. The zero-order valence-electron chi connectivity index (χ0n) is 32.0. The lowest BCUT2D eigenvalue weighted by Crippen LogP contribution is -2.49. The van der Waals surface area contributed by atoms with Crippen LogP contribution in [0, 0.1) is 0 Å². The van der Waals surface area contributed by atoms with Crippen LogP contribution in [-0.4, -0.2) is 87.9 Å². The molecule has 1 aliphatic rings. The summed E-state index contributed by atoms with van der Waals surface area (Å²) in [5.74, 6) is -5.03. The van der Waals surface area contributed by atoms with Crippen LogP contribution in [0.2, 0.25) is 0 Å². The number of rotatable bonds is 12. The molecule has 4 bridgehead atoms. The number of carbonyl (C=O) groups excluding carboxylic acids is 5. The largest absolute Gasteiger partial charge is 0.507 e. The van der Waals surface area contributed by atoms with E-state index in [2.05, 4.69) is 52.5 Å². The number of carbonyl (C=O) groups is 6. The van der Waals surface area contributed by atoms with E-state index in [-0.39, 0.29) is 46.9 Å². The first-order valence-electron chi connectivity index (χ1n) is 18.7. The summed E-state index contributed by atoms with van der Waals surface area (Å²) in [5.41, 5.74) is 4.58. The van der Waals surface area contributed by atoms with Gasteiger partial charge in [-0.1, -0.05) is 61.9 Å². The van der Waals surface area contributed by atoms with E-state index in [1.54, 1.807) is 19.1 Å². The Labute approximate surface area is 330 Å². The molecule has 0 fully saturated rings. The molecule has 0 saturated heterocycles. The van der Waals surface area contributed by atoms with Crippen LogP contribution in [0.5, 0.6) is 11.5 Å². The fourth-order valence-electron chi connectivity index (χ4n) is 6.57. The molecule has 298 valence electrons. The molecule has 5 rings (SSSR count). The van der Waals surface area contributed by atoms with Gasteiger partial charge in [-0.15, -0.1) is 0 Å². The quantitative estimate of drug-likeness (QED) is 0.111. The van der Waals surface area contributed by atoms with Gasteiger partial charge in [-0.3, -0.25) is 24.0 Å². The molecule has 1 heterocycles. The van der Waals surface area contributed by atoms with Gasteiger partial charge >= 0.3 is 5.97 Å². The van der Waals surface area contributed by atoms with Crippen molar-refractivity contribution in [3.63, 3.8) is 0 Å². The molecule has 4 aromatic carbocycles. The van der Waals surface area contributed by atoms with Gasteiger partial charge in [-0.05, 0) is 84.0 Å². The second-order valence-electron chi connectivity index (χ2n) is 14.1. The van der Waals surface area contributed by atoms with Crippen LogP contribution < -0.4 is 21.3 Å². The number of carboxylic acids is 1. The number of aryl methyl sites for hydroxylation is 1.